The topological polar surface area (TPSA) is 57.6 Å². The van der Waals surface area contributed by atoms with E-state index >= 15 is 0 Å². The van der Waals surface area contributed by atoms with Gasteiger partial charge in [0.2, 0.25) is 0 Å². The van der Waals surface area contributed by atoms with Gasteiger partial charge >= 0.3 is 5.97 Å². The number of nitrogens with zero attached hydrogens (tertiary/aromatic N) is 1. The van der Waals surface area contributed by atoms with Crippen molar-refractivity contribution in [3.8, 4) is 0 Å². The first kappa shape index (κ1) is 14.3. The van der Waals surface area contributed by atoms with E-state index in [1.165, 1.54) is 11.8 Å². The Kier molecular flexibility index (Phi) is 4.16. The Morgan fingerprint density at radius 2 is 2.11 bits per heavy atom. The van der Waals surface area contributed by atoms with Crippen LogP contribution in [0.25, 0.3) is 0 Å². The van der Waals surface area contributed by atoms with Gasteiger partial charge < -0.3 is 10.0 Å². The number of aliphatic carboxylic acids is 1. The summed E-state index contributed by atoms with van der Waals surface area (Å²) in [6, 6.07) is 4.08. The van der Waals surface area contributed by atoms with E-state index in [9.17, 15) is 9.59 Å². The molecule has 0 aromatic heterocycles. The van der Waals surface area contributed by atoms with Crippen molar-refractivity contribution < 1.29 is 14.7 Å². The SMILES string of the molecule is CC(C(=O)O)N(C(=O)c1ccc(Br)c(Cl)c1)C1CC1. The maximum absolute atomic E-state index is 12.4. The highest BCUT2D eigenvalue weighted by Gasteiger charge is 2.38. The highest BCUT2D eigenvalue weighted by Crippen LogP contribution is 2.31. The number of carboxylic acids is 1. The predicted molar refractivity (Wildman–Crippen MR) is 75.4 cm³/mol. The summed E-state index contributed by atoms with van der Waals surface area (Å²) in [7, 11) is 0. The van der Waals surface area contributed by atoms with Gasteiger partial charge in [0.25, 0.3) is 5.91 Å². The fourth-order valence-corrected chi connectivity index (χ4v) is 2.34. The molecule has 1 atom stereocenters. The van der Waals surface area contributed by atoms with Crippen molar-refractivity contribution in [2.45, 2.75) is 31.8 Å². The van der Waals surface area contributed by atoms with Crippen LogP contribution in [0.1, 0.15) is 30.1 Å². The second-order valence-electron chi connectivity index (χ2n) is 4.59. The molecule has 0 heterocycles. The molecule has 1 saturated carbocycles. The van der Waals surface area contributed by atoms with Crippen LogP contribution < -0.4 is 0 Å². The Morgan fingerprint density at radius 3 is 2.58 bits per heavy atom. The van der Waals surface area contributed by atoms with Crippen LogP contribution in [0.4, 0.5) is 0 Å². The Morgan fingerprint density at radius 1 is 1.47 bits per heavy atom. The molecule has 1 amide bonds. The predicted octanol–water partition coefficient (Wildman–Crippen LogP) is 3.18. The molecule has 1 N–H and O–H groups in total. The van der Waals surface area contributed by atoms with Crippen LogP contribution in [0.15, 0.2) is 22.7 Å². The Balaban J connectivity index is 2.28. The maximum Gasteiger partial charge on any atom is 0.326 e. The van der Waals surface area contributed by atoms with E-state index in [4.69, 9.17) is 16.7 Å². The summed E-state index contributed by atoms with van der Waals surface area (Å²) in [6.07, 6.45) is 1.71. The number of rotatable bonds is 4. The van der Waals surface area contributed by atoms with Gasteiger partial charge in [-0.15, -0.1) is 0 Å². The van der Waals surface area contributed by atoms with Crippen LogP contribution in [-0.2, 0) is 4.79 Å². The van der Waals surface area contributed by atoms with E-state index in [1.807, 2.05) is 0 Å². The number of halogens is 2. The lowest BCUT2D eigenvalue weighted by Gasteiger charge is -2.26. The van der Waals surface area contributed by atoms with E-state index in [1.54, 1.807) is 18.2 Å². The van der Waals surface area contributed by atoms with E-state index in [-0.39, 0.29) is 11.9 Å². The molecule has 2 rings (SSSR count). The van der Waals surface area contributed by atoms with Gasteiger partial charge in [-0.2, -0.15) is 0 Å². The van der Waals surface area contributed by atoms with Gasteiger partial charge in [-0.25, -0.2) is 4.79 Å². The van der Waals surface area contributed by atoms with Crippen molar-refractivity contribution >= 4 is 39.4 Å². The van der Waals surface area contributed by atoms with Crippen LogP contribution in [0.5, 0.6) is 0 Å². The van der Waals surface area contributed by atoms with Crippen LogP contribution in [0.3, 0.4) is 0 Å². The van der Waals surface area contributed by atoms with Crippen LogP contribution in [-0.4, -0.2) is 34.0 Å². The largest absolute Gasteiger partial charge is 0.480 e. The lowest BCUT2D eigenvalue weighted by Crippen LogP contribution is -2.44. The van der Waals surface area contributed by atoms with Crippen molar-refractivity contribution in [3.63, 3.8) is 0 Å². The minimum absolute atomic E-state index is 0.0287. The fraction of sp³-hybridized carbons (Fsp3) is 0.385. The minimum atomic E-state index is -0.997. The zero-order valence-electron chi connectivity index (χ0n) is 10.3. The molecule has 1 aliphatic rings. The summed E-state index contributed by atoms with van der Waals surface area (Å²) in [5.74, 6) is -1.28. The Labute approximate surface area is 124 Å². The Hall–Kier alpha value is -1.07. The normalized spacial score (nSPS) is 15.9. The third-order valence-corrected chi connectivity index (χ3v) is 4.35. The molecule has 19 heavy (non-hydrogen) atoms. The molecule has 1 aromatic carbocycles. The molecular formula is C13H13BrClNO3. The summed E-state index contributed by atoms with van der Waals surface area (Å²) in [5.41, 5.74) is 0.410. The van der Waals surface area contributed by atoms with Crippen LogP contribution >= 0.6 is 27.5 Å². The maximum atomic E-state index is 12.4. The van der Waals surface area contributed by atoms with Crippen molar-refractivity contribution in [1.29, 1.82) is 0 Å². The first-order valence-electron chi connectivity index (χ1n) is 5.92. The summed E-state index contributed by atoms with van der Waals surface area (Å²) >= 11 is 9.22. The Bertz CT molecular complexity index is 531. The standard InChI is InChI=1S/C13H13BrClNO3/c1-7(13(18)19)16(9-3-4-9)12(17)8-2-5-10(14)11(15)6-8/h2,5-7,9H,3-4H2,1H3,(H,18,19). The molecule has 0 bridgehead atoms. The minimum Gasteiger partial charge on any atom is -0.480 e. The lowest BCUT2D eigenvalue weighted by molar-refractivity contribution is -0.141. The number of carbonyl (C=O) groups is 2. The number of hydrogen-bond acceptors (Lipinski definition) is 2. The highest BCUT2D eigenvalue weighted by molar-refractivity contribution is 9.10. The van der Waals surface area contributed by atoms with Gasteiger partial charge in [0.05, 0.1) is 5.02 Å². The fourth-order valence-electron chi connectivity index (χ4n) is 1.91. The number of amides is 1. The molecule has 1 aromatic rings. The number of carbonyl (C=O) groups excluding carboxylic acids is 1. The van der Waals surface area contributed by atoms with Gasteiger partial charge in [-0.1, -0.05) is 11.6 Å². The molecule has 0 spiro atoms. The highest BCUT2D eigenvalue weighted by atomic mass is 79.9. The average molecular weight is 347 g/mol. The summed E-state index contributed by atoms with van der Waals surface area (Å²) in [5, 5.41) is 9.53. The van der Waals surface area contributed by atoms with E-state index in [0.29, 0.717) is 15.1 Å². The molecule has 6 heteroatoms. The van der Waals surface area contributed by atoms with E-state index < -0.39 is 12.0 Å². The van der Waals surface area contributed by atoms with Gasteiger partial charge in [0, 0.05) is 16.1 Å². The first-order valence-corrected chi connectivity index (χ1v) is 7.09. The first-order chi connectivity index (χ1) is 8.91. The zero-order chi connectivity index (χ0) is 14.2. The third kappa shape index (κ3) is 3.09. The van der Waals surface area contributed by atoms with Gasteiger partial charge in [0.15, 0.2) is 0 Å². The smallest absolute Gasteiger partial charge is 0.326 e. The van der Waals surface area contributed by atoms with Gasteiger partial charge in [-0.05, 0) is 53.9 Å². The van der Waals surface area contributed by atoms with Gasteiger partial charge in [0.1, 0.15) is 6.04 Å². The van der Waals surface area contributed by atoms with E-state index in [0.717, 1.165) is 12.8 Å². The van der Waals surface area contributed by atoms with Crippen molar-refractivity contribution in [3.05, 3.63) is 33.3 Å². The second-order valence-corrected chi connectivity index (χ2v) is 5.85. The quantitative estimate of drug-likeness (QED) is 0.911. The monoisotopic (exact) mass is 345 g/mol. The van der Waals surface area contributed by atoms with Crippen LogP contribution in [0.2, 0.25) is 5.02 Å². The van der Waals surface area contributed by atoms with Crippen molar-refractivity contribution in [1.82, 2.24) is 4.90 Å². The molecule has 1 aliphatic carbocycles. The summed E-state index contributed by atoms with van der Waals surface area (Å²) in [6.45, 7) is 1.53. The van der Waals surface area contributed by atoms with Crippen molar-refractivity contribution in [2.24, 2.45) is 0 Å². The molecule has 0 saturated heterocycles. The second kappa shape index (κ2) is 5.51. The van der Waals surface area contributed by atoms with Gasteiger partial charge in [-0.3, -0.25) is 4.79 Å². The molecule has 1 fully saturated rings. The third-order valence-electron chi connectivity index (χ3n) is 3.12. The number of hydrogen-bond donors (Lipinski definition) is 1. The molecular weight excluding hydrogens is 334 g/mol. The zero-order valence-corrected chi connectivity index (χ0v) is 12.6. The molecule has 0 aliphatic heterocycles. The number of benzene rings is 1. The average Bonchev–Trinajstić information content (AvgIpc) is 3.17. The van der Waals surface area contributed by atoms with Crippen LogP contribution in [0, 0.1) is 0 Å². The summed E-state index contributed by atoms with van der Waals surface area (Å²) in [4.78, 5) is 25.0. The summed E-state index contributed by atoms with van der Waals surface area (Å²) < 4.78 is 0.704. The van der Waals surface area contributed by atoms with E-state index in [2.05, 4.69) is 15.9 Å². The van der Waals surface area contributed by atoms with Crippen molar-refractivity contribution in [2.75, 3.05) is 0 Å². The molecule has 0 radical (unpaired) electrons. The molecule has 102 valence electrons. The molecule has 4 nitrogen and oxygen atoms in total. The molecule has 1 unspecified atom stereocenters. The lowest BCUT2D eigenvalue weighted by atomic mass is 10.1. The number of carboxylic acid groups (broad SMARTS) is 1.